The molecular formula is C22H27BN4O5S. The molecule has 3 aromatic carbocycles. The number of anilines is 1. The van der Waals surface area contributed by atoms with Crippen molar-refractivity contribution in [2.45, 2.75) is 17.5 Å². The SMILES string of the molecule is CN(C)c1cccc2c(S(=O)(=O)NC(CNCc3ccc(B(O)O)cc3)C(N)=O)cccc12. The van der Waals surface area contributed by atoms with Crippen molar-refractivity contribution >= 4 is 45.0 Å². The smallest absolute Gasteiger partial charge is 0.423 e. The molecule has 0 heterocycles. The van der Waals surface area contributed by atoms with Crippen LogP contribution < -0.4 is 26.1 Å². The lowest BCUT2D eigenvalue weighted by Gasteiger charge is -2.19. The fraction of sp³-hybridized carbons (Fsp3) is 0.227. The number of nitrogens with one attached hydrogen (secondary N) is 2. The van der Waals surface area contributed by atoms with Crippen LogP contribution in [0.4, 0.5) is 5.69 Å². The molecule has 174 valence electrons. The summed E-state index contributed by atoms with van der Waals surface area (Å²) in [6.45, 7) is 0.306. The molecule has 0 saturated heterocycles. The molecule has 0 radical (unpaired) electrons. The number of sulfonamides is 1. The van der Waals surface area contributed by atoms with Crippen molar-refractivity contribution in [2.75, 3.05) is 25.5 Å². The highest BCUT2D eigenvalue weighted by molar-refractivity contribution is 7.89. The maximum Gasteiger partial charge on any atom is 0.488 e. The van der Waals surface area contributed by atoms with E-state index >= 15 is 0 Å². The molecule has 6 N–H and O–H groups in total. The first-order valence-electron chi connectivity index (χ1n) is 10.3. The summed E-state index contributed by atoms with van der Waals surface area (Å²) in [5.74, 6) is -0.806. The Kier molecular flexibility index (Phi) is 7.72. The molecule has 3 aromatic rings. The minimum absolute atomic E-state index is 0.0212. The topological polar surface area (TPSA) is 145 Å². The number of amides is 1. The van der Waals surface area contributed by atoms with Gasteiger partial charge in [0.05, 0.1) is 4.90 Å². The van der Waals surface area contributed by atoms with E-state index in [1.165, 1.54) is 6.07 Å². The van der Waals surface area contributed by atoms with Crippen LogP contribution in [0.15, 0.2) is 65.6 Å². The van der Waals surface area contributed by atoms with E-state index in [9.17, 15) is 13.2 Å². The molecule has 0 aliphatic carbocycles. The molecule has 9 nitrogen and oxygen atoms in total. The number of carbonyl (C=O) groups is 1. The fourth-order valence-corrected chi connectivity index (χ4v) is 4.93. The normalized spacial score (nSPS) is 12.5. The molecule has 1 unspecified atom stereocenters. The Hall–Kier alpha value is -2.96. The van der Waals surface area contributed by atoms with Gasteiger partial charge in [0.15, 0.2) is 0 Å². The summed E-state index contributed by atoms with van der Waals surface area (Å²) < 4.78 is 28.8. The molecule has 0 aliphatic heterocycles. The van der Waals surface area contributed by atoms with Gasteiger partial charge >= 0.3 is 7.12 Å². The predicted molar refractivity (Wildman–Crippen MR) is 130 cm³/mol. The second-order valence-corrected chi connectivity index (χ2v) is 9.53. The Labute approximate surface area is 193 Å². The van der Waals surface area contributed by atoms with Crippen molar-refractivity contribution in [1.82, 2.24) is 10.0 Å². The maximum atomic E-state index is 13.2. The second kappa shape index (κ2) is 10.3. The zero-order valence-corrected chi connectivity index (χ0v) is 19.2. The number of primary amides is 1. The van der Waals surface area contributed by atoms with Crippen molar-refractivity contribution in [1.29, 1.82) is 0 Å². The predicted octanol–water partition coefficient (Wildman–Crippen LogP) is -0.492. The van der Waals surface area contributed by atoms with Gasteiger partial charge in [0.2, 0.25) is 15.9 Å². The number of carbonyl (C=O) groups excluding carboxylic acids is 1. The van der Waals surface area contributed by atoms with Gasteiger partial charge in [0, 0.05) is 43.6 Å². The summed E-state index contributed by atoms with van der Waals surface area (Å²) >= 11 is 0. The van der Waals surface area contributed by atoms with Crippen LogP contribution in [0, 0.1) is 0 Å². The molecule has 3 rings (SSSR count). The number of hydrogen-bond acceptors (Lipinski definition) is 7. The standard InChI is InChI=1S/C22H27BN4O5S/c1-27(2)20-7-3-6-18-17(20)5-4-8-21(18)33(31,32)26-19(22(24)28)14-25-13-15-9-11-16(12-10-15)23(29)30/h3-12,19,25-26,29-30H,13-14H2,1-2H3,(H2,24,28). The average Bonchev–Trinajstić information content (AvgIpc) is 2.77. The average molecular weight is 470 g/mol. The first kappa shape index (κ1) is 24.7. The van der Waals surface area contributed by atoms with E-state index in [-0.39, 0.29) is 11.4 Å². The van der Waals surface area contributed by atoms with Crippen LogP contribution in [0.3, 0.4) is 0 Å². The lowest BCUT2D eigenvalue weighted by molar-refractivity contribution is -0.119. The van der Waals surface area contributed by atoms with Crippen molar-refractivity contribution in [3.63, 3.8) is 0 Å². The van der Waals surface area contributed by atoms with Crippen LogP contribution in [0.2, 0.25) is 0 Å². The molecule has 0 aromatic heterocycles. The number of benzene rings is 3. The van der Waals surface area contributed by atoms with Gasteiger partial charge < -0.3 is 26.0 Å². The van der Waals surface area contributed by atoms with Crippen molar-refractivity contribution in [3.05, 3.63) is 66.2 Å². The van der Waals surface area contributed by atoms with Crippen LogP contribution in [-0.4, -0.2) is 58.2 Å². The van der Waals surface area contributed by atoms with Gasteiger partial charge in [-0.15, -0.1) is 0 Å². The third kappa shape index (κ3) is 5.89. The Morgan fingerprint density at radius 2 is 1.67 bits per heavy atom. The molecule has 0 bridgehead atoms. The van der Waals surface area contributed by atoms with Crippen molar-refractivity contribution in [3.8, 4) is 0 Å². The molecule has 33 heavy (non-hydrogen) atoms. The third-order valence-electron chi connectivity index (χ3n) is 5.23. The highest BCUT2D eigenvalue weighted by Crippen LogP contribution is 2.30. The molecule has 0 spiro atoms. The molecular weight excluding hydrogens is 443 g/mol. The Balaban J connectivity index is 1.76. The second-order valence-electron chi connectivity index (χ2n) is 7.85. The van der Waals surface area contributed by atoms with Gasteiger partial charge in [0.1, 0.15) is 6.04 Å². The molecule has 11 heteroatoms. The number of hydrogen-bond donors (Lipinski definition) is 5. The van der Waals surface area contributed by atoms with Gasteiger partial charge in [-0.05, 0) is 23.2 Å². The first-order chi connectivity index (χ1) is 15.6. The van der Waals surface area contributed by atoms with Crippen LogP contribution >= 0.6 is 0 Å². The van der Waals surface area contributed by atoms with Crippen molar-refractivity contribution < 1.29 is 23.3 Å². The van der Waals surface area contributed by atoms with E-state index in [0.29, 0.717) is 17.4 Å². The van der Waals surface area contributed by atoms with Crippen LogP contribution in [0.1, 0.15) is 5.56 Å². The highest BCUT2D eigenvalue weighted by atomic mass is 32.2. The number of nitrogens with zero attached hydrogens (tertiary/aromatic N) is 1. The lowest BCUT2D eigenvalue weighted by atomic mass is 9.80. The Morgan fingerprint density at radius 3 is 2.27 bits per heavy atom. The van der Waals surface area contributed by atoms with E-state index in [0.717, 1.165) is 16.6 Å². The maximum absolute atomic E-state index is 13.2. The van der Waals surface area contributed by atoms with Gasteiger partial charge in [-0.2, -0.15) is 4.72 Å². The summed E-state index contributed by atoms with van der Waals surface area (Å²) in [4.78, 5) is 13.9. The fourth-order valence-electron chi connectivity index (χ4n) is 3.51. The van der Waals surface area contributed by atoms with E-state index in [4.69, 9.17) is 15.8 Å². The summed E-state index contributed by atoms with van der Waals surface area (Å²) in [6.07, 6.45) is 0. The van der Waals surface area contributed by atoms with Crippen LogP contribution in [-0.2, 0) is 21.4 Å². The van der Waals surface area contributed by atoms with Crippen LogP contribution in [0.5, 0.6) is 0 Å². The summed E-state index contributed by atoms with van der Waals surface area (Å²) in [7, 11) is -1.85. The summed E-state index contributed by atoms with van der Waals surface area (Å²) in [6, 6.07) is 15.8. The van der Waals surface area contributed by atoms with E-state index in [2.05, 4.69) is 10.0 Å². The van der Waals surface area contributed by atoms with Gasteiger partial charge in [-0.1, -0.05) is 48.5 Å². The highest BCUT2D eigenvalue weighted by Gasteiger charge is 2.25. The molecule has 0 fully saturated rings. The van der Waals surface area contributed by atoms with E-state index < -0.39 is 29.1 Å². The number of nitrogens with two attached hydrogens (primary N) is 1. The number of fused-ring (bicyclic) bond motifs is 1. The zero-order valence-electron chi connectivity index (χ0n) is 18.4. The largest absolute Gasteiger partial charge is 0.488 e. The summed E-state index contributed by atoms with van der Waals surface area (Å²) in [5.41, 5.74) is 7.51. The van der Waals surface area contributed by atoms with Crippen molar-refractivity contribution in [2.24, 2.45) is 5.73 Å². The van der Waals surface area contributed by atoms with Gasteiger partial charge in [-0.3, -0.25) is 4.79 Å². The van der Waals surface area contributed by atoms with Gasteiger partial charge in [0.25, 0.3) is 0 Å². The lowest BCUT2D eigenvalue weighted by Crippen LogP contribution is -2.50. The minimum Gasteiger partial charge on any atom is -0.423 e. The molecule has 1 amide bonds. The van der Waals surface area contributed by atoms with Gasteiger partial charge in [-0.25, -0.2) is 8.42 Å². The van der Waals surface area contributed by atoms with Crippen LogP contribution in [0.25, 0.3) is 10.8 Å². The quantitative estimate of drug-likeness (QED) is 0.252. The molecule has 1 atom stereocenters. The first-order valence-corrected chi connectivity index (χ1v) is 11.7. The monoisotopic (exact) mass is 470 g/mol. The molecule has 0 saturated carbocycles. The van der Waals surface area contributed by atoms with E-state index in [1.54, 1.807) is 42.5 Å². The zero-order chi connectivity index (χ0) is 24.2. The minimum atomic E-state index is -4.05. The summed E-state index contributed by atoms with van der Waals surface area (Å²) in [5, 5.41) is 22.6. The third-order valence-corrected chi connectivity index (χ3v) is 6.76. The molecule has 0 aliphatic rings. The Morgan fingerprint density at radius 1 is 1.03 bits per heavy atom. The Bertz CT molecular complexity index is 1230. The van der Waals surface area contributed by atoms with E-state index in [1.807, 2.05) is 31.1 Å². The number of rotatable bonds is 10.